The quantitative estimate of drug-likeness (QED) is 0.715. The van der Waals surface area contributed by atoms with Crippen molar-refractivity contribution in [1.82, 2.24) is 4.90 Å². The molecule has 0 N–H and O–H groups in total. The van der Waals surface area contributed by atoms with Crippen LogP contribution in [0.3, 0.4) is 0 Å². The smallest absolute Gasteiger partial charge is 0.229 e. The molecule has 1 atom stereocenters. The molecule has 1 amide bonds. The van der Waals surface area contributed by atoms with Crippen LogP contribution in [-0.2, 0) is 4.79 Å². The van der Waals surface area contributed by atoms with Crippen LogP contribution in [0.25, 0.3) is 0 Å². The lowest BCUT2D eigenvalue weighted by Crippen LogP contribution is -2.57. The van der Waals surface area contributed by atoms with Gasteiger partial charge in [-0.2, -0.15) is 0 Å². The topological polar surface area (TPSA) is 20.3 Å². The zero-order valence-corrected chi connectivity index (χ0v) is 13.8. The Kier molecular flexibility index (Phi) is 3.72. The summed E-state index contributed by atoms with van der Waals surface area (Å²) in [4.78, 5) is 15.7. The fraction of sp³-hybridized carbons (Fsp3) is 0.944. The molecule has 4 aliphatic carbocycles. The van der Waals surface area contributed by atoms with E-state index in [1.807, 2.05) is 0 Å². The van der Waals surface area contributed by atoms with E-state index in [1.165, 1.54) is 57.8 Å². The molecule has 4 saturated carbocycles. The maximum Gasteiger partial charge on any atom is 0.229 e. The Morgan fingerprint density at radius 3 is 2.24 bits per heavy atom. The van der Waals surface area contributed by atoms with Gasteiger partial charge in [-0.25, -0.2) is 0 Å². The SMILES string of the molecule is O=C(N1CCCCC1CCCl)C12CC3CC(CC(C3)C1)C2. The van der Waals surface area contributed by atoms with Gasteiger partial charge in [0, 0.05) is 18.5 Å². The average molecular weight is 310 g/mol. The van der Waals surface area contributed by atoms with E-state index in [0.29, 0.717) is 17.8 Å². The summed E-state index contributed by atoms with van der Waals surface area (Å²) in [5.41, 5.74) is 0.0383. The molecule has 1 unspecified atom stereocenters. The molecule has 3 heteroatoms. The van der Waals surface area contributed by atoms with E-state index in [9.17, 15) is 4.79 Å². The summed E-state index contributed by atoms with van der Waals surface area (Å²) < 4.78 is 0. The van der Waals surface area contributed by atoms with Gasteiger partial charge in [0.05, 0.1) is 5.41 Å². The first-order valence-corrected chi connectivity index (χ1v) is 9.61. The van der Waals surface area contributed by atoms with Crippen LogP contribution >= 0.6 is 11.6 Å². The molecule has 118 valence electrons. The summed E-state index contributed by atoms with van der Waals surface area (Å²) >= 11 is 5.99. The number of hydrogen-bond acceptors (Lipinski definition) is 1. The fourth-order valence-corrected chi connectivity index (χ4v) is 6.62. The maximum atomic E-state index is 13.4. The average Bonchev–Trinajstić information content (AvgIpc) is 2.46. The third-order valence-corrected chi connectivity index (χ3v) is 7.04. The molecule has 0 spiro atoms. The predicted molar refractivity (Wildman–Crippen MR) is 85.3 cm³/mol. The highest BCUT2D eigenvalue weighted by Crippen LogP contribution is 2.60. The zero-order valence-electron chi connectivity index (χ0n) is 13.0. The molecule has 1 heterocycles. The molecule has 5 fully saturated rings. The van der Waals surface area contributed by atoms with Crippen LogP contribution in [-0.4, -0.2) is 29.3 Å². The van der Waals surface area contributed by atoms with Crippen LogP contribution in [0.15, 0.2) is 0 Å². The van der Waals surface area contributed by atoms with E-state index < -0.39 is 0 Å². The second-order valence-corrected chi connectivity index (χ2v) is 8.70. The molecule has 21 heavy (non-hydrogen) atoms. The summed E-state index contributed by atoms with van der Waals surface area (Å²) in [6.07, 6.45) is 12.5. The summed E-state index contributed by atoms with van der Waals surface area (Å²) in [7, 11) is 0. The van der Waals surface area contributed by atoms with Crippen LogP contribution in [0.1, 0.15) is 64.2 Å². The van der Waals surface area contributed by atoms with Crippen molar-refractivity contribution in [3.8, 4) is 0 Å². The monoisotopic (exact) mass is 309 g/mol. The minimum Gasteiger partial charge on any atom is -0.339 e. The standard InChI is InChI=1S/C18H28ClNO/c19-5-4-16-3-1-2-6-20(16)17(21)18-10-13-7-14(11-18)9-15(8-13)12-18/h13-16H,1-12H2. The van der Waals surface area contributed by atoms with Crippen molar-refractivity contribution in [2.24, 2.45) is 23.2 Å². The van der Waals surface area contributed by atoms with Crippen LogP contribution in [0.4, 0.5) is 0 Å². The van der Waals surface area contributed by atoms with Gasteiger partial charge in [0.2, 0.25) is 5.91 Å². The van der Waals surface area contributed by atoms with Crippen LogP contribution in [0.5, 0.6) is 0 Å². The number of likely N-dealkylation sites (tertiary alicyclic amines) is 1. The molecule has 1 saturated heterocycles. The van der Waals surface area contributed by atoms with Crippen LogP contribution in [0.2, 0.25) is 0 Å². The molecule has 5 aliphatic rings. The molecule has 0 aromatic heterocycles. The largest absolute Gasteiger partial charge is 0.339 e. The predicted octanol–water partition coefficient (Wildman–Crippen LogP) is 4.21. The fourth-order valence-electron chi connectivity index (χ4n) is 6.37. The summed E-state index contributed by atoms with van der Waals surface area (Å²) in [5.74, 6) is 3.79. The van der Waals surface area contributed by atoms with Gasteiger partial charge in [0.1, 0.15) is 0 Å². The second kappa shape index (κ2) is 5.44. The number of piperidine rings is 1. The number of halogens is 1. The Labute approximate surface area is 133 Å². The number of amides is 1. The number of carbonyl (C=O) groups is 1. The van der Waals surface area contributed by atoms with Crippen molar-refractivity contribution in [3.63, 3.8) is 0 Å². The molecular weight excluding hydrogens is 282 g/mol. The minimum atomic E-state index is 0.0383. The number of hydrogen-bond donors (Lipinski definition) is 0. The van der Waals surface area contributed by atoms with Gasteiger partial charge in [0.25, 0.3) is 0 Å². The van der Waals surface area contributed by atoms with Crippen molar-refractivity contribution in [2.45, 2.75) is 70.3 Å². The van der Waals surface area contributed by atoms with Gasteiger partial charge in [-0.15, -0.1) is 11.6 Å². The molecule has 5 rings (SSSR count). The second-order valence-electron chi connectivity index (χ2n) is 8.32. The van der Waals surface area contributed by atoms with E-state index in [1.54, 1.807) is 0 Å². The van der Waals surface area contributed by atoms with Gasteiger partial charge in [-0.05, 0) is 82.0 Å². The van der Waals surface area contributed by atoms with Crippen molar-refractivity contribution < 1.29 is 4.79 Å². The zero-order chi connectivity index (χ0) is 14.4. The Morgan fingerprint density at radius 2 is 1.67 bits per heavy atom. The van der Waals surface area contributed by atoms with E-state index in [2.05, 4.69) is 4.90 Å². The Morgan fingerprint density at radius 1 is 1.05 bits per heavy atom. The first kappa shape index (κ1) is 14.4. The van der Waals surface area contributed by atoms with Gasteiger partial charge >= 0.3 is 0 Å². The van der Waals surface area contributed by atoms with Crippen LogP contribution < -0.4 is 0 Å². The Hall–Kier alpha value is -0.240. The third kappa shape index (κ3) is 2.42. The number of carbonyl (C=O) groups excluding carboxylic acids is 1. The summed E-state index contributed by atoms with van der Waals surface area (Å²) in [5, 5.41) is 0. The molecule has 0 aromatic rings. The van der Waals surface area contributed by atoms with Gasteiger partial charge in [-0.3, -0.25) is 4.79 Å². The molecule has 1 aliphatic heterocycles. The first-order chi connectivity index (χ1) is 10.2. The van der Waals surface area contributed by atoms with E-state index in [4.69, 9.17) is 11.6 Å². The molecular formula is C18H28ClNO. The van der Waals surface area contributed by atoms with E-state index in [0.717, 1.165) is 30.7 Å². The van der Waals surface area contributed by atoms with Gasteiger partial charge in [-0.1, -0.05) is 0 Å². The highest BCUT2D eigenvalue weighted by Gasteiger charge is 2.56. The normalized spacial score (nSPS) is 45.1. The lowest BCUT2D eigenvalue weighted by atomic mass is 9.49. The summed E-state index contributed by atoms with van der Waals surface area (Å²) in [6, 6.07) is 0.428. The number of rotatable bonds is 3. The highest BCUT2D eigenvalue weighted by molar-refractivity contribution is 6.17. The molecule has 0 aromatic carbocycles. The molecule has 2 nitrogen and oxygen atoms in total. The number of nitrogens with zero attached hydrogens (tertiary/aromatic N) is 1. The van der Waals surface area contributed by atoms with Crippen molar-refractivity contribution in [3.05, 3.63) is 0 Å². The summed E-state index contributed by atoms with van der Waals surface area (Å²) in [6.45, 7) is 0.988. The lowest BCUT2D eigenvalue weighted by Gasteiger charge is -2.57. The van der Waals surface area contributed by atoms with Gasteiger partial charge in [0.15, 0.2) is 0 Å². The minimum absolute atomic E-state index is 0.0383. The maximum absolute atomic E-state index is 13.4. The van der Waals surface area contributed by atoms with E-state index in [-0.39, 0.29) is 5.41 Å². The molecule has 0 radical (unpaired) electrons. The third-order valence-electron chi connectivity index (χ3n) is 6.82. The van der Waals surface area contributed by atoms with Crippen molar-refractivity contribution in [1.29, 1.82) is 0 Å². The first-order valence-electron chi connectivity index (χ1n) is 9.07. The van der Waals surface area contributed by atoms with Crippen molar-refractivity contribution in [2.75, 3.05) is 12.4 Å². The lowest BCUT2D eigenvalue weighted by molar-refractivity contribution is -0.161. The molecule has 4 bridgehead atoms. The highest BCUT2D eigenvalue weighted by atomic mass is 35.5. The van der Waals surface area contributed by atoms with Crippen LogP contribution in [0, 0.1) is 23.2 Å². The number of alkyl halides is 1. The Bertz CT molecular complexity index is 384. The Balaban J connectivity index is 1.55. The van der Waals surface area contributed by atoms with E-state index >= 15 is 0 Å². The van der Waals surface area contributed by atoms with Gasteiger partial charge < -0.3 is 4.90 Å². The van der Waals surface area contributed by atoms with Crippen molar-refractivity contribution >= 4 is 17.5 Å².